The molecule has 0 spiro atoms. The summed E-state index contributed by atoms with van der Waals surface area (Å²) in [6, 6.07) is 0. The second-order valence-electron chi connectivity index (χ2n) is 4.12. The number of hydrogen-bond acceptors (Lipinski definition) is 4. The number of amides is 1. The van der Waals surface area contributed by atoms with Gasteiger partial charge in [-0.1, -0.05) is 12.8 Å². The van der Waals surface area contributed by atoms with Gasteiger partial charge in [0, 0.05) is 6.42 Å². The van der Waals surface area contributed by atoms with Gasteiger partial charge in [-0.15, -0.1) is 0 Å². The van der Waals surface area contributed by atoms with Crippen molar-refractivity contribution < 1.29 is 19.1 Å². The van der Waals surface area contributed by atoms with E-state index in [1.54, 1.807) is 0 Å². The average molecular weight is 213 g/mol. The molecule has 84 valence electrons. The first-order valence-electron chi connectivity index (χ1n) is 5.32. The molecule has 1 saturated carbocycles. The van der Waals surface area contributed by atoms with Crippen LogP contribution >= 0.6 is 0 Å². The SMILES string of the molecule is NC(=O)C1(OC2CCCC2)CCC(=O)O1. The number of carbonyl (C=O) groups is 2. The molecule has 2 aliphatic rings. The molecular formula is C10H15NO4. The second kappa shape index (κ2) is 3.81. The van der Waals surface area contributed by atoms with Crippen LogP contribution in [-0.2, 0) is 19.1 Å². The monoisotopic (exact) mass is 213 g/mol. The minimum atomic E-state index is -1.48. The van der Waals surface area contributed by atoms with E-state index < -0.39 is 17.7 Å². The van der Waals surface area contributed by atoms with Crippen LogP contribution < -0.4 is 5.73 Å². The number of carbonyl (C=O) groups excluding carboxylic acids is 2. The maximum atomic E-state index is 11.3. The van der Waals surface area contributed by atoms with Crippen LogP contribution in [-0.4, -0.2) is 23.8 Å². The zero-order valence-corrected chi connectivity index (χ0v) is 8.53. The van der Waals surface area contributed by atoms with Crippen LogP contribution in [0.4, 0.5) is 0 Å². The highest BCUT2D eigenvalue weighted by Gasteiger charge is 2.49. The lowest BCUT2D eigenvalue weighted by Gasteiger charge is -2.27. The fraction of sp³-hybridized carbons (Fsp3) is 0.800. The van der Waals surface area contributed by atoms with Crippen LogP contribution in [0.3, 0.4) is 0 Å². The van der Waals surface area contributed by atoms with Gasteiger partial charge in [0.2, 0.25) is 0 Å². The molecule has 1 unspecified atom stereocenters. The van der Waals surface area contributed by atoms with Gasteiger partial charge in [0.15, 0.2) is 0 Å². The Hall–Kier alpha value is -1.10. The summed E-state index contributed by atoms with van der Waals surface area (Å²) in [5, 5.41) is 0. The summed E-state index contributed by atoms with van der Waals surface area (Å²) < 4.78 is 10.5. The predicted octanol–water partition coefficient (Wildman–Crippen LogP) is 0.464. The van der Waals surface area contributed by atoms with Crippen molar-refractivity contribution in [1.29, 1.82) is 0 Å². The van der Waals surface area contributed by atoms with E-state index >= 15 is 0 Å². The summed E-state index contributed by atoms with van der Waals surface area (Å²) in [6.45, 7) is 0. The summed E-state index contributed by atoms with van der Waals surface area (Å²) in [5.41, 5.74) is 5.23. The third-order valence-electron chi connectivity index (χ3n) is 2.97. The lowest BCUT2D eigenvalue weighted by Crippen LogP contribution is -2.48. The topological polar surface area (TPSA) is 78.6 Å². The first-order valence-corrected chi connectivity index (χ1v) is 5.32. The van der Waals surface area contributed by atoms with Gasteiger partial charge >= 0.3 is 5.97 Å². The van der Waals surface area contributed by atoms with Crippen LogP contribution in [0, 0.1) is 0 Å². The third-order valence-corrected chi connectivity index (χ3v) is 2.97. The molecule has 2 rings (SSSR count). The van der Waals surface area contributed by atoms with Crippen molar-refractivity contribution in [3.8, 4) is 0 Å². The number of hydrogen-bond donors (Lipinski definition) is 1. The number of ether oxygens (including phenoxy) is 2. The molecule has 1 amide bonds. The Morgan fingerprint density at radius 3 is 2.60 bits per heavy atom. The van der Waals surface area contributed by atoms with Gasteiger partial charge in [-0.05, 0) is 12.8 Å². The molecule has 15 heavy (non-hydrogen) atoms. The number of esters is 1. The summed E-state index contributed by atoms with van der Waals surface area (Å²) in [4.78, 5) is 22.3. The van der Waals surface area contributed by atoms with E-state index in [4.69, 9.17) is 15.2 Å². The zero-order valence-electron chi connectivity index (χ0n) is 8.53. The lowest BCUT2D eigenvalue weighted by atomic mass is 10.1. The minimum Gasteiger partial charge on any atom is -0.423 e. The normalized spacial score (nSPS) is 31.9. The molecule has 0 aromatic heterocycles. The van der Waals surface area contributed by atoms with Crippen molar-refractivity contribution >= 4 is 11.9 Å². The highest BCUT2D eigenvalue weighted by molar-refractivity contribution is 5.87. The van der Waals surface area contributed by atoms with Gasteiger partial charge in [-0.3, -0.25) is 9.59 Å². The largest absolute Gasteiger partial charge is 0.423 e. The van der Waals surface area contributed by atoms with Gasteiger partial charge in [-0.2, -0.15) is 0 Å². The lowest BCUT2D eigenvalue weighted by molar-refractivity contribution is -0.225. The van der Waals surface area contributed by atoms with Crippen molar-refractivity contribution in [2.75, 3.05) is 0 Å². The highest BCUT2D eigenvalue weighted by Crippen LogP contribution is 2.33. The Labute approximate surface area is 87.9 Å². The molecule has 2 N–H and O–H groups in total. The fourth-order valence-corrected chi connectivity index (χ4v) is 2.14. The van der Waals surface area contributed by atoms with Crippen LogP contribution in [0.2, 0.25) is 0 Å². The van der Waals surface area contributed by atoms with Gasteiger partial charge < -0.3 is 15.2 Å². The minimum absolute atomic E-state index is 0.00315. The van der Waals surface area contributed by atoms with E-state index in [9.17, 15) is 9.59 Å². The van der Waals surface area contributed by atoms with E-state index in [1.165, 1.54) is 0 Å². The van der Waals surface area contributed by atoms with Gasteiger partial charge in [0.05, 0.1) is 12.5 Å². The molecule has 1 aliphatic heterocycles. The molecular weight excluding hydrogens is 198 g/mol. The van der Waals surface area contributed by atoms with Crippen molar-refractivity contribution in [2.45, 2.75) is 50.4 Å². The predicted molar refractivity (Wildman–Crippen MR) is 50.6 cm³/mol. The van der Waals surface area contributed by atoms with Crippen LogP contribution in [0.1, 0.15) is 38.5 Å². The number of rotatable bonds is 3. The van der Waals surface area contributed by atoms with Crippen molar-refractivity contribution in [2.24, 2.45) is 5.73 Å². The first kappa shape index (κ1) is 10.4. The molecule has 5 heteroatoms. The smallest absolute Gasteiger partial charge is 0.309 e. The van der Waals surface area contributed by atoms with Crippen molar-refractivity contribution in [1.82, 2.24) is 0 Å². The van der Waals surface area contributed by atoms with E-state index in [0.29, 0.717) is 0 Å². The number of nitrogens with two attached hydrogens (primary N) is 1. The van der Waals surface area contributed by atoms with Crippen LogP contribution in [0.15, 0.2) is 0 Å². The van der Waals surface area contributed by atoms with Crippen molar-refractivity contribution in [3.63, 3.8) is 0 Å². The molecule has 0 bridgehead atoms. The Kier molecular flexibility index (Phi) is 2.65. The van der Waals surface area contributed by atoms with Crippen LogP contribution in [0.25, 0.3) is 0 Å². The number of cyclic esters (lactones) is 1. The van der Waals surface area contributed by atoms with Crippen molar-refractivity contribution in [3.05, 3.63) is 0 Å². The van der Waals surface area contributed by atoms with Crippen LogP contribution in [0.5, 0.6) is 0 Å². The average Bonchev–Trinajstić information content (AvgIpc) is 2.77. The Balaban J connectivity index is 2.05. The summed E-state index contributed by atoms with van der Waals surface area (Å²) in [5.74, 6) is -2.58. The summed E-state index contributed by atoms with van der Waals surface area (Å²) >= 11 is 0. The number of primary amides is 1. The van der Waals surface area contributed by atoms with Gasteiger partial charge in [0.25, 0.3) is 11.7 Å². The maximum Gasteiger partial charge on any atom is 0.309 e. The van der Waals surface area contributed by atoms with E-state index in [0.717, 1.165) is 25.7 Å². The maximum absolute atomic E-state index is 11.3. The Morgan fingerprint density at radius 2 is 2.13 bits per heavy atom. The molecule has 2 fully saturated rings. The molecule has 1 atom stereocenters. The molecule has 5 nitrogen and oxygen atoms in total. The Bertz CT molecular complexity index is 285. The molecule has 0 aromatic rings. The van der Waals surface area contributed by atoms with E-state index in [-0.39, 0.29) is 18.9 Å². The summed E-state index contributed by atoms with van der Waals surface area (Å²) in [7, 11) is 0. The second-order valence-corrected chi connectivity index (χ2v) is 4.12. The van der Waals surface area contributed by atoms with Gasteiger partial charge in [-0.25, -0.2) is 0 Å². The fourth-order valence-electron chi connectivity index (χ4n) is 2.14. The summed E-state index contributed by atoms with van der Waals surface area (Å²) in [6.07, 6.45) is 4.45. The molecule has 1 heterocycles. The molecule has 1 aliphatic carbocycles. The third kappa shape index (κ3) is 1.97. The van der Waals surface area contributed by atoms with Gasteiger partial charge in [0.1, 0.15) is 0 Å². The Morgan fingerprint density at radius 1 is 1.47 bits per heavy atom. The molecule has 0 aromatic carbocycles. The highest BCUT2D eigenvalue weighted by atomic mass is 16.7. The zero-order chi connectivity index (χ0) is 10.9. The van der Waals surface area contributed by atoms with E-state index in [1.807, 2.05) is 0 Å². The standard InChI is InChI=1S/C10H15NO4/c11-9(13)10(6-5-8(12)15-10)14-7-3-1-2-4-7/h7H,1-6H2,(H2,11,13). The molecule has 0 radical (unpaired) electrons. The van der Waals surface area contributed by atoms with E-state index in [2.05, 4.69) is 0 Å². The quantitative estimate of drug-likeness (QED) is 0.691. The molecule has 1 saturated heterocycles. The first-order chi connectivity index (χ1) is 7.12.